The van der Waals surface area contributed by atoms with Crippen LogP contribution in [0.2, 0.25) is 5.02 Å². The third-order valence-electron chi connectivity index (χ3n) is 5.96. The van der Waals surface area contributed by atoms with E-state index in [2.05, 4.69) is 29.2 Å². The summed E-state index contributed by atoms with van der Waals surface area (Å²) in [6, 6.07) is 20.8. The number of halogens is 1. The SMILES string of the molecule is Cc1ccc2c(c1)n(Cc1cccc(Cl)c1)c(=O)c1nc(C(=O)Nc3ccc(C(C)C)cc3)nn12. The van der Waals surface area contributed by atoms with E-state index < -0.39 is 5.91 Å². The van der Waals surface area contributed by atoms with Gasteiger partial charge in [-0.15, -0.1) is 5.10 Å². The van der Waals surface area contributed by atoms with Gasteiger partial charge in [0.15, 0.2) is 0 Å². The molecule has 1 amide bonds. The molecule has 176 valence electrons. The first-order chi connectivity index (χ1) is 16.8. The molecule has 2 heterocycles. The van der Waals surface area contributed by atoms with E-state index in [1.54, 1.807) is 10.6 Å². The Labute approximate surface area is 207 Å². The van der Waals surface area contributed by atoms with Crippen molar-refractivity contribution in [2.75, 3.05) is 5.32 Å². The maximum Gasteiger partial charge on any atom is 0.296 e. The Morgan fingerprint density at radius 1 is 1.03 bits per heavy atom. The van der Waals surface area contributed by atoms with Crippen LogP contribution < -0.4 is 10.9 Å². The van der Waals surface area contributed by atoms with E-state index in [9.17, 15) is 9.59 Å². The standard InChI is InChI=1S/C27H24ClN5O2/c1-16(2)19-8-10-21(11-9-19)29-26(34)24-30-25-27(35)32(15-18-5-4-6-20(28)14-18)23-13-17(3)7-12-22(23)33(25)31-24/h4-14,16H,15H2,1-3H3,(H,29,34). The van der Waals surface area contributed by atoms with Crippen molar-refractivity contribution in [1.29, 1.82) is 0 Å². The van der Waals surface area contributed by atoms with Gasteiger partial charge in [0.2, 0.25) is 11.5 Å². The van der Waals surface area contributed by atoms with Crippen LogP contribution in [0, 0.1) is 6.92 Å². The second kappa shape index (κ2) is 9.00. The van der Waals surface area contributed by atoms with E-state index in [0.717, 1.165) is 11.1 Å². The number of carbonyl (C=O) groups excluding carboxylic acids is 1. The number of carbonyl (C=O) groups is 1. The number of rotatable bonds is 5. The number of fused-ring (bicyclic) bond motifs is 3. The molecule has 0 unspecified atom stereocenters. The summed E-state index contributed by atoms with van der Waals surface area (Å²) in [5, 5.41) is 7.81. The Morgan fingerprint density at radius 3 is 2.51 bits per heavy atom. The maximum absolute atomic E-state index is 13.5. The molecule has 5 aromatic rings. The number of nitrogens with zero attached hydrogens (tertiary/aromatic N) is 4. The largest absolute Gasteiger partial charge is 0.319 e. The van der Waals surface area contributed by atoms with Crippen molar-refractivity contribution in [1.82, 2.24) is 19.2 Å². The Balaban J connectivity index is 1.58. The van der Waals surface area contributed by atoms with Crippen LogP contribution in [0.5, 0.6) is 0 Å². The molecule has 8 heteroatoms. The van der Waals surface area contributed by atoms with Crippen molar-refractivity contribution in [3.8, 4) is 0 Å². The van der Waals surface area contributed by atoms with E-state index >= 15 is 0 Å². The Morgan fingerprint density at radius 2 is 1.80 bits per heavy atom. The van der Waals surface area contributed by atoms with Gasteiger partial charge in [-0.2, -0.15) is 4.98 Å². The summed E-state index contributed by atoms with van der Waals surface area (Å²) in [5.41, 5.74) is 4.82. The van der Waals surface area contributed by atoms with Crippen molar-refractivity contribution in [2.45, 2.75) is 33.2 Å². The fourth-order valence-electron chi connectivity index (χ4n) is 4.09. The van der Waals surface area contributed by atoms with E-state index in [4.69, 9.17) is 11.6 Å². The molecule has 0 aliphatic carbocycles. The van der Waals surface area contributed by atoms with Crippen LogP contribution in [0.15, 0.2) is 71.5 Å². The number of nitrogens with one attached hydrogen (secondary N) is 1. The molecule has 0 spiro atoms. The van der Waals surface area contributed by atoms with Crippen LogP contribution in [0.25, 0.3) is 16.7 Å². The zero-order valence-electron chi connectivity index (χ0n) is 19.6. The molecule has 0 bridgehead atoms. The van der Waals surface area contributed by atoms with Crippen LogP contribution in [-0.2, 0) is 6.54 Å². The first kappa shape index (κ1) is 22.8. The molecule has 1 N–H and O–H groups in total. The lowest BCUT2D eigenvalue weighted by atomic mass is 10.0. The van der Waals surface area contributed by atoms with E-state index in [1.165, 1.54) is 10.1 Å². The summed E-state index contributed by atoms with van der Waals surface area (Å²) in [4.78, 5) is 30.8. The fraction of sp³-hybridized carbons (Fsp3) is 0.185. The molecule has 3 aromatic carbocycles. The van der Waals surface area contributed by atoms with Crippen LogP contribution in [0.3, 0.4) is 0 Å². The molecular formula is C27H24ClN5O2. The number of benzene rings is 3. The average Bonchev–Trinajstić information content (AvgIpc) is 3.28. The van der Waals surface area contributed by atoms with Gasteiger partial charge in [0.05, 0.1) is 17.6 Å². The van der Waals surface area contributed by atoms with Gasteiger partial charge in [-0.1, -0.05) is 55.8 Å². The highest BCUT2D eigenvalue weighted by molar-refractivity contribution is 6.30. The predicted octanol–water partition coefficient (Wildman–Crippen LogP) is 5.43. The first-order valence-corrected chi connectivity index (χ1v) is 11.7. The molecule has 0 saturated carbocycles. The fourth-order valence-corrected chi connectivity index (χ4v) is 4.30. The van der Waals surface area contributed by atoms with Crippen molar-refractivity contribution >= 4 is 39.9 Å². The summed E-state index contributed by atoms with van der Waals surface area (Å²) in [6.45, 7) is 6.49. The summed E-state index contributed by atoms with van der Waals surface area (Å²) < 4.78 is 3.09. The van der Waals surface area contributed by atoms with Gasteiger partial charge in [0.25, 0.3) is 11.5 Å². The minimum atomic E-state index is -0.480. The van der Waals surface area contributed by atoms with Gasteiger partial charge in [0, 0.05) is 10.7 Å². The molecule has 7 nitrogen and oxygen atoms in total. The van der Waals surface area contributed by atoms with Gasteiger partial charge in [0.1, 0.15) is 0 Å². The lowest BCUT2D eigenvalue weighted by Gasteiger charge is -2.12. The molecule has 5 rings (SSSR count). The highest BCUT2D eigenvalue weighted by Gasteiger charge is 2.19. The summed E-state index contributed by atoms with van der Waals surface area (Å²) in [7, 11) is 0. The molecular weight excluding hydrogens is 462 g/mol. The third-order valence-corrected chi connectivity index (χ3v) is 6.20. The van der Waals surface area contributed by atoms with Crippen LogP contribution in [0.1, 0.15) is 47.1 Å². The maximum atomic E-state index is 13.5. The van der Waals surface area contributed by atoms with E-state index in [-0.39, 0.29) is 17.0 Å². The highest BCUT2D eigenvalue weighted by atomic mass is 35.5. The molecule has 0 saturated heterocycles. The number of hydrogen-bond donors (Lipinski definition) is 1. The smallest absolute Gasteiger partial charge is 0.296 e. The second-order valence-electron chi connectivity index (χ2n) is 8.92. The van der Waals surface area contributed by atoms with Gasteiger partial charge >= 0.3 is 0 Å². The Bertz CT molecular complexity index is 1630. The van der Waals surface area contributed by atoms with E-state index in [1.807, 2.05) is 67.6 Å². The molecule has 35 heavy (non-hydrogen) atoms. The third kappa shape index (κ3) is 4.42. The Hall–Kier alpha value is -3.97. The van der Waals surface area contributed by atoms with Crippen LogP contribution in [0.4, 0.5) is 5.69 Å². The molecule has 0 aliphatic heterocycles. The van der Waals surface area contributed by atoms with Gasteiger partial charge in [-0.3, -0.25) is 14.2 Å². The number of aryl methyl sites for hydroxylation is 1. The Kier molecular flexibility index (Phi) is 5.86. The van der Waals surface area contributed by atoms with Crippen molar-refractivity contribution in [3.63, 3.8) is 0 Å². The predicted molar refractivity (Wildman–Crippen MR) is 139 cm³/mol. The zero-order chi connectivity index (χ0) is 24.7. The quantitative estimate of drug-likeness (QED) is 0.360. The zero-order valence-corrected chi connectivity index (χ0v) is 20.4. The lowest BCUT2D eigenvalue weighted by Crippen LogP contribution is -2.24. The number of anilines is 1. The highest BCUT2D eigenvalue weighted by Crippen LogP contribution is 2.20. The monoisotopic (exact) mass is 485 g/mol. The van der Waals surface area contributed by atoms with Gasteiger partial charge in [-0.25, -0.2) is 4.52 Å². The topological polar surface area (TPSA) is 81.3 Å². The molecule has 0 aliphatic rings. The van der Waals surface area contributed by atoms with Crippen LogP contribution >= 0.6 is 11.6 Å². The average molecular weight is 486 g/mol. The van der Waals surface area contributed by atoms with Crippen molar-refractivity contribution in [3.05, 3.63) is 105 Å². The summed E-state index contributed by atoms with van der Waals surface area (Å²) in [5.74, 6) is -0.157. The molecule has 0 atom stereocenters. The minimum absolute atomic E-state index is 0.0718. The van der Waals surface area contributed by atoms with Gasteiger partial charge in [-0.05, 0) is 65.9 Å². The summed E-state index contributed by atoms with van der Waals surface area (Å²) >= 11 is 6.16. The summed E-state index contributed by atoms with van der Waals surface area (Å²) in [6.07, 6.45) is 0. The van der Waals surface area contributed by atoms with Gasteiger partial charge < -0.3 is 5.32 Å². The minimum Gasteiger partial charge on any atom is -0.319 e. The number of aromatic nitrogens is 4. The van der Waals surface area contributed by atoms with E-state index in [0.29, 0.717) is 34.2 Å². The second-order valence-corrected chi connectivity index (χ2v) is 9.35. The molecule has 0 fully saturated rings. The van der Waals surface area contributed by atoms with Crippen molar-refractivity contribution < 1.29 is 4.79 Å². The number of hydrogen-bond acceptors (Lipinski definition) is 4. The number of amides is 1. The normalized spacial score (nSPS) is 11.5. The molecule has 0 radical (unpaired) electrons. The first-order valence-electron chi connectivity index (χ1n) is 11.4. The lowest BCUT2D eigenvalue weighted by molar-refractivity contribution is 0.101. The van der Waals surface area contributed by atoms with Crippen molar-refractivity contribution in [2.24, 2.45) is 0 Å². The van der Waals surface area contributed by atoms with Crippen LogP contribution in [-0.4, -0.2) is 25.1 Å². The molecule has 2 aromatic heterocycles.